The van der Waals surface area contributed by atoms with E-state index in [1.165, 1.54) is 11.6 Å². The van der Waals surface area contributed by atoms with Crippen molar-refractivity contribution in [1.29, 1.82) is 0 Å². The van der Waals surface area contributed by atoms with Crippen molar-refractivity contribution in [2.24, 2.45) is 5.73 Å². The monoisotopic (exact) mass is 286 g/mol. The molecule has 0 saturated heterocycles. The Kier molecular flexibility index (Phi) is 3.40. The average molecular weight is 286 g/mol. The van der Waals surface area contributed by atoms with Gasteiger partial charge in [-0.05, 0) is 30.2 Å². The minimum Gasteiger partial charge on any atom is -0.389 e. The maximum atomic E-state index is 13.8. The molecule has 2 aromatic carbocycles. The van der Waals surface area contributed by atoms with E-state index in [1.54, 1.807) is 6.07 Å². The summed E-state index contributed by atoms with van der Waals surface area (Å²) in [6.45, 7) is 0. The Bertz CT molecular complexity index is 642. The minimum atomic E-state index is -0.376. The van der Waals surface area contributed by atoms with Crippen LogP contribution < -0.4 is 11.1 Å². The summed E-state index contributed by atoms with van der Waals surface area (Å²) in [4.78, 5) is 0.0858. The minimum absolute atomic E-state index is 0.0858. The van der Waals surface area contributed by atoms with E-state index in [-0.39, 0.29) is 10.8 Å². The third-order valence-electron chi connectivity index (χ3n) is 3.60. The fourth-order valence-corrected chi connectivity index (χ4v) is 2.61. The topological polar surface area (TPSA) is 38.0 Å². The zero-order valence-electron chi connectivity index (χ0n) is 10.8. The van der Waals surface area contributed by atoms with Gasteiger partial charge in [0.1, 0.15) is 10.8 Å². The van der Waals surface area contributed by atoms with Crippen molar-refractivity contribution < 1.29 is 4.39 Å². The highest BCUT2D eigenvalue weighted by atomic mass is 32.1. The Morgan fingerprint density at radius 2 is 1.95 bits per heavy atom. The first-order chi connectivity index (χ1) is 9.65. The summed E-state index contributed by atoms with van der Waals surface area (Å²) in [7, 11) is 0. The Hall–Kier alpha value is -1.94. The van der Waals surface area contributed by atoms with Gasteiger partial charge in [0.2, 0.25) is 0 Å². The molecule has 3 rings (SSSR count). The van der Waals surface area contributed by atoms with E-state index < -0.39 is 0 Å². The van der Waals surface area contributed by atoms with Crippen molar-refractivity contribution in [2.75, 3.05) is 5.32 Å². The molecule has 0 amide bonds. The summed E-state index contributed by atoms with van der Waals surface area (Å²) in [5.41, 5.74) is 7.83. The molecule has 0 bridgehead atoms. The summed E-state index contributed by atoms with van der Waals surface area (Å²) in [6, 6.07) is 15.6. The summed E-state index contributed by atoms with van der Waals surface area (Å²) < 4.78 is 13.8. The van der Waals surface area contributed by atoms with E-state index in [2.05, 4.69) is 17.4 Å². The SMILES string of the molecule is NC(=S)c1ccc(NC2CC2c2ccccc2)cc1F. The Morgan fingerprint density at radius 3 is 2.60 bits per heavy atom. The van der Waals surface area contributed by atoms with Gasteiger partial charge >= 0.3 is 0 Å². The molecule has 2 nitrogen and oxygen atoms in total. The lowest BCUT2D eigenvalue weighted by Crippen LogP contribution is -2.12. The van der Waals surface area contributed by atoms with E-state index in [4.69, 9.17) is 18.0 Å². The molecule has 0 spiro atoms. The predicted octanol–water partition coefficient (Wildman–Crippen LogP) is 3.43. The molecule has 2 unspecified atom stereocenters. The van der Waals surface area contributed by atoms with Crippen LogP contribution in [0.3, 0.4) is 0 Å². The van der Waals surface area contributed by atoms with Crippen molar-refractivity contribution in [1.82, 2.24) is 0 Å². The number of rotatable bonds is 4. The van der Waals surface area contributed by atoms with Crippen LogP contribution in [0.25, 0.3) is 0 Å². The summed E-state index contributed by atoms with van der Waals surface area (Å²) in [5.74, 6) is 0.133. The molecule has 0 aliphatic heterocycles. The van der Waals surface area contributed by atoms with Gasteiger partial charge in [-0.25, -0.2) is 4.39 Å². The first kappa shape index (κ1) is 13.1. The fraction of sp³-hybridized carbons (Fsp3) is 0.188. The molecule has 3 N–H and O–H groups in total. The van der Waals surface area contributed by atoms with E-state index in [0.717, 1.165) is 12.1 Å². The molecule has 4 heteroatoms. The molecule has 1 aliphatic rings. The molecule has 1 fully saturated rings. The van der Waals surface area contributed by atoms with Gasteiger partial charge in [0.25, 0.3) is 0 Å². The molecule has 2 atom stereocenters. The molecule has 0 aromatic heterocycles. The molecule has 2 aromatic rings. The van der Waals surface area contributed by atoms with Gasteiger partial charge in [-0.15, -0.1) is 0 Å². The molecule has 1 aliphatic carbocycles. The molecule has 0 heterocycles. The average Bonchev–Trinajstić information content (AvgIpc) is 3.18. The number of thiocarbonyl (C=S) groups is 1. The van der Waals surface area contributed by atoms with Crippen LogP contribution in [0.2, 0.25) is 0 Å². The molecular formula is C16H15FN2S. The fourth-order valence-electron chi connectivity index (χ4n) is 2.44. The molecule has 20 heavy (non-hydrogen) atoms. The summed E-state index contributed by atoms with van der Waals surface area (Å²) in [5, 5.41) is 3.35. The van der Waals surface area contributed by atoms with Crippen molar-refractivity contribution in [3.63, 3.8) is 0 Å². The summed E-state index contributed by atoms with van der Waals surface area (Å²) in [6.07, 6.45) is 1.07. The van der Waals surface area contributed by atoms with E-state index in [9.17, 15) is 4.39 Å². The largest absolute Gasteiger partial charge is 0.389 e. The molecule has 0 radical (unpaired) electrons. The van der Waals surface area contributed by atoms with Crippen molar-refractivity contribution >= 4 is 22.9 Å². The van der Waals surface area contributed by atoms with Crippen LogP contribution in [-0.4, -0.2) is 11.0 Å². The first-order valence-electron chi connectivity index (χ1n) is 6.56. The highest BCUT2D eigenvalue weighted by Gasteiger charge is 2.38. The zero-order valence-corrected chi connectivity index (χ0v) is 11.7. The smallest absolute Gasteiger partial charge is 0.135 e. The Labute approximate surface area is 122 Å². The number of nitrogens with one attached hydrogen (secondary N) is 1. The van der Waals surface area contributed by atoms with Crippen LogP contribution in [0.15, 0.2) is 48.5 Å². The van der Waals surface area contributed by atoms with Crippen LogP contribution in [0.4, 0.5) is 10.1 Å². The van der Waals surface area contributed by atoms with Gasteiger partial charge in [0.05, 0.1) is 0 Å². The number of nitrogens with two attached hydrogens (primary N) is 1. The van der Waals surface area contributed by atoms with Crippen LogP contribution in [0.5, 0.6) is 0 Å². The number of hydrogen-bond acceptors (Lipinski definition) is 2. The lowest BCUT2D eigenvalue weighted by Gasteiger charge is -2.08. The van der Waals surface area contributed by atoms with E-state index in [1.807, 2.05) is 24.3 Å². The summed E-state index contributed by atoms with van der Waals surface area (Å²) >= 11 is 4.79. The second kappa shape index (κ2) is 5.21. The van der Waals surface area contributed by atoms with Crippen molar-refractivity contribution in [2.45, 2.75) is 18.4 Å². The number of hydrogen-bond donors (Lipinski definition) is 2. The number of halogens is 1. The zero-order chi connectivity index (χ0) is 14.1. The Morgan fingerprint density at radius 1 is 1.20 bits per heavy atom. The van der Waals surface area contributed by atoms with Gasteiger partial charge in [-0.1, -0.05) is 42.5 Å². The van der Waals surface area contributed by atoms with Crippen molar-refractivity contribution in [3.05, 3.63) is 65.5 Å². The van der Waals surface area contributed by atoms with Crippen LogP contribution >= 0.6 is 12.2 Å². The van der Waals surface area contributed by atoms with Crippen LogP contribution in [-0.2, 0) is 0 Å². The first-order valence-corrected chi connectivity index (χ1v) is 6.97. The van der Waals surface area contributed by atoms with Crippen molar-refractivity contribution in [3.8, 4) is 0 Å². The second-order valence-corrected chi connectivity index (χ2v) is 5.50. The van der Waals surface area contributed by atoms with Gasteiger partial charge in [0, 0.05) is 23.2 Å². The molecule has 102 valence electrons. The highest BCUT2D eigenvalue weighted by Crippen LogP contribution is 2.42. The highest BCUT2D eigenvalue weighted by molar-refractivity contribution is 7.80. The number of benzene rings is 2. The van der Waals surface area contributed by atoms with Crippen LogP contribution in [0.1, 0.15) is 23.5 Å². The lowest BCUT2D eigenvalue weighted by atomic mass is 10.1. The standard InChI is InChI=1S/C16H15FN2S/c17-14-8-11(6-7-12(14)16(18)20)19-15-9-13(15)10-4-2-1-3-5-10/h1-8,13,15,19H,9H2,(H2,18,20). The Balaban J connectivity index is 1.68. The third kappa shape index (κ3) is 2.65. The normalized spacial score (nSPS) is 20.4. The van der Waals surface area contributed by atoms with Gasteiger partial charge in [-0.3, -0.25) is 0 Å². The quantitative estimate of drug-likeness (QED) is 0.846. The van der Waals surface area contributed by atoms with Gasteiger partial charge in [0.15, 0.2) is 0 Å². The van der Waals surface area contributed by atoms with E-state index in [0.29, 0.717) is 17.5 Å². The molecule has 1 saturated carbocycles. The van der Waals surface area contributed by atoms with E-state index >= 15 is 0 Å². The maximum absolute atomic E-state index is 13.8. The van der Waals surface area contributed by atoms with Gasteiger partial charge < -0.3 is 11.1 Å². The second-order valence-electron chi connectivity index (χ2n) is 5.06. The predicted molar refractivity (Wildman–Crippen MR) is 83.5 cm³/mol. The third-order valence-corrected chi connectivity index (χ3v) is 3.82. The van der Waals surface area contributed by atoms with Crippen LogP contribution in [0, 0.1) is 5.82 Å². The van der Waals surface area contributed by atoms with Gasteiger partial charge in [-0.2, -0.15) is 0 Å². The lowest BCUT2D eigenvalue weighted by molar-refractivity contribution is 0.626. The molecular weight excluding hydrogens is 271 g/mol. The number of anilines is 1. The maximum Gasteiger partial charge on any atom is 0.135 e.